The summed E-state index contributed by atoms with van der Waals surface area (Å²) in [5.41, 5.74) is -0.987. The van der Waals surface area contributed by atoms with Crippen molar-refractivity contribution >= 4 is 16.2 Å². The average Bonchev–Trinajstić information content (AvgIpc) is 2.16. The lowest BCUT2D eigenvalue weighted by atomic mass is 9.71. The van der Waals surface area contributed by atoms with Crippen LogP contribution in [0.4, 0.5) is 0 Å². The van der Waals surface area contributed by atoms with Crippen LogP contribution in [-0.2, 0) is 15.0 Å². The van der Waals surface area contributed by atoms with Crippen molar-refractivity contribution in [3.05, 3.63) is 0 Å². The molecule has 1 aliphatic carbocycles. The largest absolute Gasteiger partial charge is 0.481 e. The van der Waals surface area contributed by atoms with Gasteiger partial charge in [-0.1, -0.05) is 6.92 Å². The van der Waals surface area contributed by atoms with E-state index < -0.39 is 21.6 Å². The van der Waals surface area contributed by atoms with Crippen molar-refractivity contribution in [2.75, 3.05) is 6.54 Å². The van der Waals surface area contributed by atoms with E-state index in [9.17, 15) is 18.3 Å². The molecule has 94 valence electrons. The molecule has 7 heteroatoms. The Hall–Kier alpha value is -0.660. The minimum atomic E-state index is -3.82. The molecule has 0 aromatic carbocycles. The number of hydrogen-bond acceptors (Lipinski definition) is 3. The van der Waals surface area contributed by atoms with Crippen LogP contribution in [0.25, 0.3) is 0 Å². The number of carboxylic acids is 1. The highest BCUT2D eigenvalue weighted by atomic mass is 32.2. The molecular formula is C9H18N2O4S. The van der Waals surface area contributed by atoms with Gasteiger partial charge in [0, 0.05) is 6.54 Å². The lowest BCUT2D eigenvalue weighted by Gasteiger charge is -2.35. The van der Waals surface area contributed by atoms with Crippen molar-refractivity contribution in [3.8, 4) is 0 Å². The number of hydrogen-bond donors (Lipinski definition) is 3. The number of carboxylic acid groups (broad SMARTS) is 1. The molecule has 0 aliphatic heterocycles. The van der Waals surface area contributed by atoms with Crippen LogP contribution in [0.3, 0.4) is 0 Å². The molecule has 0 amide bonds. The zero-order chi connectivity index (χ0) is 12.4. The number of nitrogens with two attached hydrogens (primary N) is 1. The SMILES string of the molecule is CC1CCC(CNS(N)(=O)=O)(C(=O)O)CC1. The van der Waals surface area contributed by atoms with E-state index in [1.807, 2.05) is 0 Å². The first-order valence-corrected chi connectivity index (χ1v) is 6.81. The van der Waals surface area contributed by atoms with E-state index >= 15 is 0 Å². The van der Waals surface area contributed by atoms with E-state index in [4.69, 9.17) is 5.14 Å². The molecule has 1 saturated carbocycles. The molecule has 0 atom stereocenters. The zero-order valence-electron chi connectivity index (χ0n) is 9.27. The summed E-state index contributed by atoms with van der Waals surface area (Å²) < 4.78 is 23.7. The molecule has 0 bridgehead atoms. The highest BCUT2D eigenvalue weighted by molar-refractivity contribution is 7.87. The fraction of sp³-hybridized carbons (Fsp3) is 0.889. The van der Waals surface area contributed by atoms with Gasteiger partial charge in [-0.15, -0.1) is 0 Å². The van der Waals surface area contributed by atoms with Crippen LogP contribution in [0.1, 0.15) is 32.6 Å². The van der Waals surface area contributed by atoms with Gasteiger partial charge in [0.15, 0.2) is 0 Å². The van der Waals surface area contributed by atoms with E-state index in [0.717, 1.165) is 12.8 Å². The van der Waals surface area contributed by atoms with Crippen LogP contribution < -0.4 is 9.86 Å². The minimum absolute atomic E-state index is 0.117. The molecule has 0 saturated heterocycles. The van der Waals surface area contributed by atoms with E-state index in [1.165, 1.54) is 0 Å². The molecule has 6 nitrogen and oxygen atoms in total. The normalized spacial score (nSPS) is 31.2. The molecule has 16 heavy (non-hydrogen) atoms. The van der Waals surface area contributed by atoms with E-state index in [-0.39, 0.29) is 6.54 Å². The maximum absolute atomic E-state index is 11.2. The second kappa shape index (κ2) is 4.68. The third-order valence-electron chi connectivity index (χ3n) is 3.30. The summed E-state index contributed by atoms with van der Waals surface area (Å²) in [5, 5.41) is 14.0. The van der Waals surface area contributed by atoms with Gasteiger partial charge in [-0.2, -0.15) is 8.42 Å². The number of carbonyl (C=O) groups is 1. The lowest BCUT2D eigenvalue weighted by Crippen LogP contribution is -2.46. The quantitative estimate of drug-likeness (QED) is 0.655. The van der Waals surface area contributed by atoms with Gasteiger partial charge >= 0.3 is 5.97 Å². The van der Waals surface area contributed by atoms with Gasteiger partial charge in [0.25, 0.3) is 10.2 Å². The molecule has 1 fully saturated rings. The first-order chi connectivity index (χ1) is 7.25. The van der Waals surface area contributed by atoms with E-state index in [2.05, 4.69) is 11.6 Å². The summed E-state index contributed by atoms with van der Waals surface area (Å²) in [5.74, 6) is -0.447. The summed E-state index contributed by atoms with van der Waals surface area (Å²) in [6.07, 6.45) is 2.59. The number of nitrogens with one attached hydrogen (secondary N) is 1. The molecule has 0 radical (unpaired) electrons. The molecule has 0 aromatic heterocycles. The van der Waals surface area contributed by atoms with Gasteiger partial charge in [-0.3, -0.25) is 4.79 Å². The van der Waals surface area contributed by atoms with Crippen molar-refractivity contribution in [1.82, 2.24) is 4.72 Å². The molecule has 0 spiro atoms. The van der Waals surface area contributed by atoms with Crippen LogP contribution in [0.5, 0.6) is 0 Å². The Labute approximate surface area is 95.4 Å². The monoisotopic (exact) mass is 250 g/mol. The van der Waals surface area contributed by atoms with Crippen LogP contribution in [0.2, 0.25) is 0 Å². The van der Waals surface area contributed by atoms with Crippen molar-refractivity contribution in [2.24, 2.45) is 16.5 Å². The standard InChI is InChI=1S/C9H18N2O4S/c1-7-2-4-9(5-3-7,8(12)13)6-11-16(10,14)15/h7,11H,2-6H2,1H3,(H,12,13)(H2,10,14,15). The second-order valence-corrected chi connectivity index (χ2v) is 6.01. The Balaban J connectivity index is 2.71. The molecular weight excluding hydrogens is 232 g/mol. The first kappa shape index (κ1) is 13.4. The van der Waals surface area contributed by atoms with Crippen molar-refractivity contribution in [1.29, 1.82) is 0 Å². The zero-order valence-corrected chi connectivity index (χ0v) is 10.1. The van der Waals surface area contributed by atoms with Gasteiger partial charge in [0.2, 0.25) is 0 Å². The summed E-state index contributed by atoms with van der Waals surface area (Å²) in [6, 6.07) is 0. The maximum atomic E-state index is 11.2. The molecule has 4 N–H and O–H groups in total. The number of aliphatic carboxylic acids is 1. The third-order valence-corrected chi connectivity index (χ3v) is 3.84. The molecule has 1 rings (SSSR count). The average molecular weight is 250 g/mol. The predicted molar refractivity (Wildman–Crippen MR) is 58.8 cm³/mol. The predicted octanol–water partition coefficient (Wildman–Crippen LogP) is 0.0606. The topological polar surface area (TPSA) is 109 Å². The van der Waals surface area contributed by atoms with Crippen LogP contribution in [-0.4, -0.2) is 26.0 Å². The van der Waals surface area contributed by atoms with Crippen LogP contribution in [0.15, 0.2) is 0 Å². The fourth-order valence-electron chi connectivity index (χ4n) is 2.02. The Morgan fingerprint density at radius 2 is 2.00 bits per heavy atom. The summed E-state index contributed by atoms with van der Waals surface area (Å²) in [6.45, 7) is 1.95. The smallest absolute Gasteiger partial charge is 0.310 e. The summed E-state index contributed by atoms with van der Waals surface area (Å²) in [4.78, 5) is 11.2. The Kier molecular flexibility index (Phi) is 3.92. The molecule has 0 aromatic rings. The Morgan fingerprint density at radius 3 is 2.38 bits per heavy atom. The first-order valence-electron chi connectivity index (χ1n) is 5.26. The summed E-state index contributed by atoms with van der Waals surface area (Å²) in [7, 11) is -3.82. The van der Waals surface area contributed by atoms with Crippen LogP contribution >= 0.6 is 0 Å². The van der Waals surface area contributed by atoms with Gasteiger partial charge in [-0.25, -0.2) is 9.86 Å². The maximum Gasteiger partial charge on any atom is 0.310 e. The summed E-state index contributed by atoms with van der Waals surface area (Å²) >= 11 is 0. The van der Waals surface area contributed by atoms with Gasteiger partial charge in [0.1, 0.15) is 0 Å². The highest BCUT2D eigenvalue weighted by Crippen LogP contribution is 2.38. The van der Waals surface area contributed by atoms with E-state index in [0.29, 0.717) is 18.8 Å². The Morgan fingerprint density at radius 1 is 1.50 bits per heavy atom. The third kappa shape index (κ3) is 3.43. The molecule has 1 aliphatic rings. The van der Waals surface area contributed by atoms with Crippen molar-refractivity contribution in [2.45, 2.75) is 32.6 Å². The van der Waals surface area contributed by atoms with Crippen LogP contribution in [0, 0.1) is 11.3 Å². The van der Waals surface area contributed by atoms with Crippen molar-refractivity contribution in [3.63, 3.8) is 0 Å². The Bertz CT molecular complexity index is 358. The molecule has 0 heterocycles. The minimum Gasteiger partial charge on any atom is -0.481 e. The van der Waals surface area contributed by atoms with Crippen molar-refractivity contribution < 1.29 is 18.3 Å². The fourth-order valence-corrected chi connectivity index (χ4v) is 2.50. The van der Waals surface area contributed by atoms with Gasteiger partial charge in [-0.05, 0) is 31.6 Å². The second-order valence-electron chi connectivity index (χ2n) is 4.63. The lowest BCUT2D eigenvalue weighted by molar-refractivity contribution is -0.151. The molecule has 0 unspecified atom stereocenters. The van der Waals surface area contributed by atoms with E-state index in [1.54, 1.807) is 0 Å². The highest BCUT2D eigenvalue weighted by Gasteiger charge is 2.41. The van der Waals surface area contributed by atoms with Gasteiger partial charge in [0.05, 0.1) is 5.41 Å². The number of rotatable bonds is 4. The van der Waals surface area contributed by atoms with Gasteiger partial charge < -0.3 is 5.11 Å².